The van der Waals surface area contributed by atoms with Gasteiger partial charge in [-0.25, -0.2) is 5.10 Å². The number of aromatic amines is 1. The molecule has 1 aromatic heterocycles. The van der Waals surface area contributed by atoms with E-state index in [1.54, 1.807) is 6.07 Å². The van der Waals surface area contributed by atoms with Gasteiger partial charge in [-0.3, -0.25) is 9.59 Å². The highest BCUT2D eigenvalue weighted by Crippen LogP contribution is 2.15. The third kappa shape index (κ3) is 2.79. The molecule has 0 radical (unpaired) electrons. The zero-order valence-electron chi connectivity index (χ0n) is 8.81. The van der Waals surface area contributed by atoms with Crippen molar-refractivity contribution in [2.45, 2.75) is 6.42 Å². The average Bonchev–Trinajstić information content (AvgIpc) is 2.32. The highest BCUT2D eigenvalue weighted by atomic mass is 35.5. The van der Waals surface area contributed by atoms with Gasteiger partial charge in [0, 0.05) is 11.1 Å². The van der Waals surface area contributed by atoms with Crippen LogP contribution in [0.2, 0.25) is 0 Å². The number of hydrogen-bond acceptors (Lipinski definition) is 3. The van der Waals surface area contributed by atoms with Crippen LogP contribution < -0.4 is 5.56 Å². The molecular formula is C12H9ClN2O2. The van der Waals surface area contributed by atoms with Crippen LogP contribution in [0.25, 0.3) is 11.3 Å². The van der Waals surface area contributed by atoms with Crippen LogP contribution in [0, 0.1) is 0 Å². The van der Waals surface area contributed by atoms with Crippen LogP contribution in [0.4, 0.5) is 0 Å². The van der Waals surface area contributed by atoms with Crippen molar-refractivity contribution in [3.05, 3.63) is 52.3 Å². The second kappa shape index (κ2) is 4.93. The monoisotopic (exact) mass is 248 g/mol. The summed E-state index contributed by atoms with van der Waals surface area (Å²) in [6.45, 7) is 0. The maximum Gasteiger partial charge on any atom is 0.267 e. The fourth-order valence-corrected chi connectivity index (χ4v) is 1.63. The lowest BCUT2D eigenvalue weighted by atomic mass is 10.1. The van der Waals surface area contributed by atoms with Gasteiger partial charge >= 0.3 is 0 Å². The second-order valence-corrected chi connectivity index (χ2v) is 3.93. The lowest BCUT2D eigenvalue weighted by Gasteiger charge is -2.01. The van der Waals surface area contributed by atoms with E-state index in [0.29, 0.717) is 11.3 Å². The summed E-state index contributed by atoms with van der Waals surface area (Å²) in [5.41, 5.74) is 1.41. The molecule has 0 fully saturated rings. The van der Waals surface area contributed by atoms with Gasteiger partial charge in [-0.1, -0.05) is 30.3 Å². The normalized spacial score (nSPS) is 10.2. The number of benzene rings is 1. The first-order valence-corrected chi connectivity index (χ1v) is 5.37. The molecule has 0 aliphatic rings. The molecule has 1 heterocycles. The molecule has 4 nitrogen and oxygen atoms in total. The van der Waals surface area contributed by atoms with Crippen molar-refractivity contribution >= 4 is 16.8 Å². The molecule has 0 aliphatic heterocycles. The van der Waals surface area contributed by atoms with Gasteiger partial charge in [-0.05, 0) is 17.7 Å². The lowest BCUT2D eigenvalue weighted by molar-refractivity contribution is -0.111. The van der Waals surface area contributed by atoms with Crippen LogP contribution in [-0.2, 0) is 11.2 Å². The van der Waals surface area contributed by atoms with Crippen molar-refractivity contribution < 1.29 is 4.79 Å². The molecule has 5 heteroatoms. The fraction of sp³-hybridized carbons (Fsp3) is 0.0833. The molecule has 2 aromatic rings. The molecule has 0 bridgehead atoms. The van der Waals surface area contributed by atoms with Gasteiger partial charge in [0.25, 0.3) is 5.56 Å². The molecular weight excluding hydrogens is 240 g/mol. The van der Waals surface area contributed by atoms with Crippen molar-refractivity contribution in [1.82, 2.24) is 10.2 Å². The first kappa shape index (κ1) is 11.5. The maximum absolute atomic E-state index is 11.4. The van der Waals surface area contributed by atoms with E-state index >= 15 is 0 Å². The van der Waals surface area contributed by atoms with E-state index in [4.69, 9.17) is 11.6 Å². The van der Waals surface area contributed by atoms with E-state index in [9.17, 15) is 9.59 Å². The zero-order chi connectivity index (χ0) is 12.3. The van der Waals surface area contributed by atoms with Crippen LogP contribution in [0.15, 0.2) is 41.2 Å². The Labute approximate surface area is 102 Å². The number of nitrogens with zero attached hydrogens (tertiary/aromatic N) is 1. The highest BCUT2D eigenvalue weighted by molar-refractivity contribution is 6.63. The molecule has 17 heavy (non-hydrogen) atoms. The number of hydrogen-bond donors (Lipinski definition) is 1. The number of halogens is 1. The first-order valence-electron chi connectivity index (χ1n) is 4.99. The highest BCUT2D eigenvalue weighted by Gasteiger charge is 2.07. The predicted octanol–water partition coefficient (Wildman–Crippen LogP) is 1.74. The topological polar surface area (TPSA) is 62.8 Å². The number of carbonyl (C=O) groups is 1. The first-order chi connectivity index (χ1) is 8.16. The van der Waals surface area contributed by atoms with Crippen LogP contribution in [-0.4, -0.2) is 15.4 Å². The minimum Gasteiger partial charge on any atom is -0.281 e. The molecule has 0 saturated carbocycles. The minimum absolute atomic E-state index is 0.0980. The zero-order valence-corrected chi connectivity index (χ0v) is 9.57. The summed E-state index contributed by atoms with van der Waals surface area (Å²) in [7, 11) is 0. The van der Waals surface area contributed by atoms with E-state index in [2.05, 4.69) is 10.2 Å². The summed E-state index contributed by atoms with van der Waals surface area (Å²) in [6, 6.07) is 10.9. The van der Waals surface area contributed by atoms with Crippen molar-refractivity contribution in [1.29, 1.82) is 0 Å². The fourth-order valence-electron chi connectivity index (χ4n) is 1.48. The maximum atomic E-state index is 11.4. The number of H-pyrrole nitrogens is 1. The predicted molar refractivity (Wildman–Crippen MR) is 64.9 cm³/mol. The van der Waals surface area contributed by atoms with E-state index in [1.807, 2.05) is 30.3 Å². The summed E-state index contributed by atoms with van der Waals surface area (Å²) >= 11 is 5.27. The quantitative estimate of drug-likeness (QED) is 0.842. The number of nitrogens with one attached hydrogen (secondary N) is 1. The molecule has 1 aromatic carbocycles. The largest absolute Gasteiger partial charge is 0.281 e. The Hall–Kier alpha value is -1.94. The number of carbonyl (C=O) groups excluding carboxylic acids is 1. The van der Waals surface area contributed by atoms with E-state index in [1.165, 1.54) is 0 Å². The third-order valence-corrected chi connectivity index (χ3v) is 2.41. The van der Waals surface area contributed by atoms with Crippen molar-refractivity contribution in [2.24, 2.45) is 0 Å². The van der Waals surface area contributed by atoms with Gasteiger partial charge in [-0.2, -0.15) is 5.10 Å². The number of rotatable bonds is 3. The smallest absolute Gasteiger partial charge is 0.267 e. The van der Waals surface area contributed by atoms with Crippen LogP contribution in [0.3, 0.4) is 0 Å². The Morgan fingerprint density at radius 3 is 2.65 bits per heavy atom. The van der Waals surface area contributed by atoms with Crippen molar-refractivity contribution in [3.8, 4) is 11.3 Å². The van der Waals surface area contributed by atoms with E-state index in [0.717, 1.165) is 5.56 Å². The summed E-state index contributed by atoms with van der Waals surface area (Å²) < 4.78 is 0. The Morgan fingerprint density at radius 2 is 2.00 bits per heavy atom. The minimum atomic E-state index is -0.569. The average molecular weight is 249 g/mol. The molecule has 0 amide bonds. The lowest BCUT2D eigenvalue weighted by Crippen LogP contribution is -2.16. The van der Waals surface area contributed by atoms with Crippen molar-refractivity contribution in [3.63, 3.8) is 0 Å². The van der Waals surface area contributed by atoms with Gasteiger partial charge in [0.05, 0.1) is 12.1 Å². The van der Waals surface area contributed by atoms with Crippen LogP contribution in [0.5, 0.6) is 0 Å². The summed E-state index contributed by atoms with van der Waals surface area (Å²) in [5.74, 6) is 0. The summed E-state index contributed by atoms with van der Waals surface area (Å²) in [4.78, 5) is 22.2. The van der Waals surface area contributed by atoms with Gasteiger partial charge in [0.15, 0.2) is 0 Å². The molecule has 0 aliphatic carbocycles. The molecule has 1 N–H and O–H groups in total. The van der Waals surface area contributed by atoms with Crippen molar-refractivity contribution in [2.75, 3.05) is 0 Å². The standard InChI is InChI=1S/C12H9ClN2O2/c13-11(16)7-9-6-10(14-15-12(9)17)8-4-2-1-3-5-8/h1-6H,7H2,(H,15,17). The molecule has 2 rings (SSSR count). The van der Waals surface area contributed by atoms with Gasteiger partial charge in [0.2, 0.25) is 5.24 Å². The van der Waals surface area contributed by atoms with Crippen LogP contribution in [0.1, 0.15) is 5.56 Å². The Balaban J connectivity index is 2.44. The molecule has 0 spiro atoms. The molecule has 86 valence electrons. The van der Waals surface area contributed by atoms with Crippen LogP contribution >= 0.6 is 11.6 Å². The Kier molecular flexibility index (Phi) is 3.35. The molecule has 0 unspecified atom stereocenters. The summed E-state index contributed by atoms with van der Waals surface area (Å²) in [5, 5.41) is 5.71. The van der Waals surface area contributed by atoms with Gasteiger partial charge in [0.1, 0.15) is 0 Å². The van der Waals surface area contributed by atoms with E-state index < -0.39 is 10.8 Å². The summed E-state index contributed by atoms with van der Waals surface area (Å²) in [6.07, 6.45) is -0.0980. The van der Waals surface area contributed by atoms with Gasteiger partial charge in [-0.15, -0.1) is 0 Å². The Morgan fingerprint density at radius 1 is 1.29 bits per heavy atom. The number of aromatic nitrogens is 2. The molecule has 0 saturated heterocycles. The van der Waals surface area contributed by atoms with Gasteiger partial charge < -0.3 is 0 Å². The Bertz CT molecular complexity index is 593. The SMILES string of the molecule is O=C(Cl)Cc1cc(-c2ccccc2)n[nH]c1=O. The molecule has 0 atom stereocenters. The van der Waals surface area contributed by atoms with E-state index in [-0.39, 0.29) is 6.42 Å². The third-order valence-electron chi connectivity index (χ3n) is 2.28. The second-order valence-electron chi connectivity index (χ2n) is 3.51.